The number of aliphatic imine (C=N–C) groups is 1. The molecule has 1 fully saturated rings. The minimum absolute atomic E-state index is 0.767. The van der Waals surface area contributed by atoms with Gasteiger partial charge in [-0.05, 0) is 52.7 Å². The second-order valence-electron chi connectivity index (χ2n) is 4.50. The molecule has 0 spiro atoms. The number of nitrogens with zero attached hydrogens (tertiary/aromatic N) is 2. The minimum Gasteiger partial charge on any atom is -0.357 e. The molecule has 1 aliphatic heterocycles. The molecule has 0 aromatic rings. The van der Waals surface area contributed by atoms with Crippen LogP contribution in [0.2, 0.25) is 0 Å². The van der Waals surface area contributed by atoms with Crippen LogP contribution in [0.1, 0.15) is 26.7 Å². The average molecular weight is 226 g/mol. The van der Waals surface area contributed by atoms with Crippen molar-refractivity contribution in [3.8, 4) is 0 Å². The number of hydrogen-bond acceptors (Lipinski definition) is 2. The molecule has 4 heteroatoms. The summed E-state index contributed by atoms with van der Waals surface area (Å²) in [6, 6.07) is 0. The highest BCUT2D eigenvalue weighted by Gasteiger charge is 2.15. The standard InChI is InChI=1S/C12H26N4/c1-4-13-12(14-5-2)15-10-11-6-8-16(3)9-7-11/h11H,4-10H2,1-3H3,(H2,13,14,15). The Kier molecular flexibility index (Phi) is 6.23. The van der Waals surface area contributed by atoms with E-state index < -0.39 is 0 Å². The van der Waals surface area contributed by atoms with Crippen LogP contribution in [-0.2, 0) is 0 Å². The third-order valence-corrected chi connectivity index (χ3v) is 3.03. The van der Waals surface area contributed by atoms with Gasteiger partial charge in [-0.2, -0.15) is 0 Å². The second-order valence-corrected chi connectivity index (χ2v) is 4.50. The van der Waals surface area contributed by atoms with E-state index in [9.17, 15) is 0 Å². The Balaban J connectivity index is 2.31. The van der Waals surface area contributed by atoms with E-state index in [1.165, 1.54) is 25.9 Å². The highest BCUT2D eigenvalue weighted by atomic mass is 15.2. The summed E-state index contributed by atoms with van der Waals surface area (Å²) in [4.78, 5) is 7.03. The van der Waals surface area contributed by atoms with E-state index in [0.717, 1.165) is 31.5 Å². The lowest BCUT2D eigenvalue weighted by molar-refractivity contribution is 0.223. The Morgan fingerprint density at radius 2 is 1.75 bits per heavy atom. The first kappa shape index (κ1) is 13.3. The molecule has 2 N–H and O–H groups in total. The fourth-order valence-corrected chi connectivity index (χ4v) is 1.97. The Bertz CT molecular complexity index is 199. The number of likely N-dealkylation sites (tertiary alicyclic amines) is 1. The van der Waals surface area contributed by atoms with Crippen molar-refractivity contribution in [2.45, 2.75) is 26.7 Å². The van der Waals surface area contributed by atoms with Crippen molar-refractivity contribution >= 4 is 5.96 Å². The summed E-state index contributed by atoms with van der Waals surface area (Å²) in [5.74, 6) is 1.73. The summed E-state index contributed by atoms with van der Waals surface area (Å²) in [6.07, 6.45) is 2.57. The Labute approximate surface area is 99.5 Å². The molecule has 16 heavy (non-hydrogen) atoms. The number of piperidine rings is 1. The number of rotatable bonds is 4. The summed E-state index contributed by atoms with van der Waals surface area (Å²) < 4.78 is 0. The van der Waals surface area contributed by atoms with Gasteiger partial charge < -0.3 is 15.5 Å². The van der Waals surface area contributed by atoms with Crippen LogP contribution in [0, 0.1) is 5.92 Å². The van der Waals surface area contributed by atoms with Gasteiger partial charge in [0.2, 0.25) is 0 Å². The molecule has 1 saturated heterocycles. The zero-order valence-corrected chi connectivity index (χ0v) is 10.9. The summed E-state index contributed by atoms with van der Waals surface area (Å²) in [5.41, 5.74) is 0. The molecule has 0 aliphatic carbocycles. The van der Waals surface area contributed by atoms with E-state index in [1.807, 2.05) is 0 Å². The molecule has 0 amide bonds. The van der Waals surface area contributed by atoms with Gasteiger partial charge in [-0.15, -0.1) is 0 Å². The zero-order chi connectivity index (χ0) is 11.8. The SMILES string of the molecule is CCNC(=NCC1CCN(C)CC1)NCC. The van der Waals surface area contributed by atoms with Gasteiger partial charge in [-0.1, -0.05) is 0 Å². The smallest absolute Gasteiger partial charge is 0.191 e. The highest BCUT2D eigenvalue weighted by Crippen LogP contribution is 2.15. The lowest BCUT2D eigenvalue weighted by atomic mass is 9.97. The van der Waals surface area contributed by atoms with Crippen molar-refractivity contribution in [1.82, 2.24) is 15.5 Å². The molecule has 0 atom stereocenters. The van der Waals surface area contributed by atoms with E-state index in [2.05, 4.69) is 41.4 Å². The van der Waals surface area contributed by atoms with Crippen LogP contribution < -0.4 is 10.6 Å². The minimum atomic E-state index is 0.767. The van der Waals surface area contributed by atoms with E-state index in [0.29, 0.717) is 0 Å². The van der Waals surface area contributed by atoms with Crippen molar-refractivity contribution < 1.29 is 0 Å². The van der Waals surface area contributed by atoms with E-state index in [-0.39, 0.29) is 0 Å². The molecule has 0 unspecified atom stereocenters. The van der Waals surface area contributed by atoms with E-state index >= 15 is 0 Å². The molecule has 4 nitrogen and oxygen atoms in total. The van der Waals surface area contributed by atoms with Gasteiger partial charge >= 0.3 is 0 Å². The van der Waals surface area contributed by atoms with E-state index in [1.54, 1.807) is 0 Å². The van der Waals surface area contributed by atoms with Crippen LogP contribution >= 0.6 is 0 Å². The van der Waals surface area contributed by atoms with Crippen molar-refractivity contribution in [2.24, 2.45) is 10.9 Å². The summed E-state index contributed by atoms with van der Waals surface area (Å²) in [7, 11) is 2.20. The Hall–Kier alpha value is -0.770. The van der Waals surface area contributed by atoms with Gasteiger partial charge in [0.15, 0.2) is 5.96 Å². The van der Waals surface area contributed by atoms with Gasteiger partial charge in [0, 0.05) is 19.6 Å². The molecular formula is C12H26N4. The molecule has 0 radical (unpaired) electrons. The van der Waals surface area contributed by atoms with Gasteiger partial charge in [-0.25, -0.2) is 0 Å². The third-order valence-electron chi connectivity index (χ3n) is 3.03. The molecular weight excluding hydrogens is 200 g/mol. The lowest BCUT2D eigenvalue weighted by Crippen LogP contribution is -2.38. The Morgan fingerprint density at radius 1 is 1.19 bits per heavy atom. The van der Waals surface area contributed by atoms with Gasteiger partial charge in [-0.3, -0.25) is 4.99 Å². The molecule has 1 heterocycles. The number of nitrogens with one attached hydrogen (secondary N) is 2. The first-order chi connectivity index (χ1) is 7.76. The topological polar surface area (TPSA) is 39.7 Å². The maximum Gasteiger partial charge on any atom is 0.191 e. The van der Waals surface area contributed by atoms with Crippen LogP contribution in [0.5, 0.6) is 0 Å². The average Bonchev–Trinajstić information content (AvgIpc) is 2.29. The fraction of sp³-hybridized carbons (Fsp3) is 0.917. The van der Waals surface area contributed by atoms with Crippen molar-refractivity contribution in [3.63, 3.8) is 0 Å². The summed E-state index contributed by atoms with van der Waals surface area (Å²) in [6.45, 7) is 9.46. The van der Waals surface area contributed by atoms with Crippen LogP contribution in [0.25, 0.3) is 0 Å². The number of hydrogen-bond donors (Lipinski definition) is 2. The van der Waals surface area contributed by atoms with E-state index in [4.69, 9.17) is 0 Å². The van der Waals surface area contributed by atoms with Gasteiger partial charge in [0.05, 0.1) is 0 Å². The predicted octanol–water partition coefficient (Wildman–Crippen LogP) is 0.903. The first-order valence-electron chi connectivity index (χ1n) is 6.47. The molecule has 0 aromatic heterocycles. The molecule has 94 valence electrons. The fourth-order valence-electron chi connectivity index (χ4n) is 1.97. The number of guanidine groups is 1. The predicted molar refractivity (Wildman–Crippen MR) is 69.9 cm³/mol. The normalized spacial score (nSPS) is 18.2. The van der Waals surface area contributed by atoms with Crippen molar-refractivity contribution in [2.75, 3.05) is 39.8 Å². The maximum absolute atomic E-state index is 4.63. The zero-order valence-electron chi connectivity index (χ0n) is 10.9. The largest absolute Gasteiger partial charge is 0.357 e. The van der Waals surface area contributed by atoms with Crippen LogP contribution in [0.3, 0.4) is 0 Å². The maximum atomic E-state index is 4.63. The summed E-state index contributed by atoms with van der Waals surface area (Å²) >= 11 is 0. The third kappa shape index (κ3) is 4.84. The van der Waals surface area contributed by atoms with Crippen LogP contribution in [0.4, 0.5) is 0 Å². The monoisotopic (exact) mass is 226 g/mol. The lowest BCUT2D eigenvalue weighted by Gasteiger charge is -2.28. The highest BCUT2D eigenvalue weighted by molar-refractivity contribution is 5.79. The van der Waals surface area contributed by atoms with Gasteiger partial charge in [0.1, 0.15) is 0 Å². The summed E-state index contributed by atoms with van der Waals surface area (Å²) in [5, 5.41) is 6.52. The quantitative estimate of drug-likeness (QED) is 0.553. The van der Waals surface area contributed by atoms with Crippen LogP contribution in [0.15, 0.2) is 4.99 Å². The second kappa shape index (κ2) is 7.49. The molecule has 1 aliphatic rings. The molecule has 0 bridgehead atoms. The van der Waals surface area contributed by atoms with Crippen molar-refractivity contribution in [3.05, 3.63) is 0 Å². The molecule has 0 aromatic carbocycles. The first-order valence-corrected chi connectivity index (χ1v) is 6.47. The molecule has 1 rings (SSSR count). The molecule has 0 saturated carbocycles. The van der Waals surface area contributed by atoms with Crippen molar-refractivity contribution in [1.29, 1.82) is 0 Å². The van der Waals surface area contributed by atoms with Crippen LogP contribution in [-0.4, -0.2) is 50.6 Å². The Morgan fingerprint density at radius 3 is 2.25 bits per heavy atom. The van der Waals surface area contributed by atoms with Gasteiger partial charge in [0.25, 0.3) is 0 Å².